The number of nitrogens with one attached hydrogen (secondary N) is 2. The molecule has 0 radical (unpaired) electrons. The number of nitro benzene ring substituents is 1. The van der Waals surface area contributed by atoms with Crippen molar-refractivity contribution in [1.82, 2.24) is 0 Å². The largest absolute Gasteiger partial charge is 0.322 e. The van der Waals surface area contributed by atoms with Crippen molar-refractivity contribution >= 4 is 67.8 Å². The molecular weight excluding hydrogens is 549 g/mol. The molecule has 0 aliphatic heterocycles. The van der Waals surface area contributed by atoms with Crippen molar-refractivity contribution in [3.05, 3.63) is 128 Å². The fourth-order valence-corrected chi connectivity index (χ4v) is 5.10. The first-order chi connectivity index (χ1) is 18.1. The third kappa shape index (κ3) is 6.77. The number of nitro groups is 1. The van der Waals surface area contributed by atoms with Crippen LogP contribution in [0.5, 0.6) is 0 Å². The predicted molar refractivity (Wildman–Crippen MR) is 150 cm³/mol. The van der Waals surface area contributed by atoms with E-state index in [1.54, 1.807) is 42.5 Å². The molecule has 0 bridgehead atoms. The van der Waals surface area contributed by atoms with E-state index in [2.05, 4.69) is 10.0 Å². The van der Waals surface area contributed by atoms with Crippen LogP contribution >= 0.6 is 23.2 Å². The summed E-state index contributed by atoms with van der Waals surface area (Å²) in [6.45, 7) is 0. The average Bonchev–Trinajstić information content (AvgIpc) is 2.87. The Morgan fingerprint density at radius 3 is 2.11 bits per heavy atom. The molecule has 4 rings (SSSR count). The Morgan fingerprint density at radius 2 is 1.47 bits per heavy atom. The third-order valence-electron chi connectivity index (χ3n) is 5.26. The maximum atomic E-state index is 13.3. The lowest BCUT2D eigenvalue weighted by atomic mass is 10.0. The van der Waals surface area contributed by atoms with Crippen molar-refractivity contribution in [3.8, 4) is 0 Å². The summed E-state index contributed by atoms with van der Waals surface area (Å²) >= 11 is 11.9. The SMILES string of the molecule is O=C(Nc1ccc(S(=O)(=O)Nc2cc(Cl)cc(Cl)c2)cc1)/C(=C/c1cccc([N+](=O)[O-])c1)c1ccccc1. The van der Waals surface area contributed by atoms with Crippen molar-refractivity contribution < 1.29 is 18.1 Å². The van der Waals surface area contributed by atoms with Gasteiger partial charge >= 0.3 is 0 Å². The zero-order chi connectivity index (χ0) is 27.3. The molecule has 0 saturated heterocycles. The molecular formula is C27H19Cl2N3O5S. The zero-order valence-electron chi connectivity index (χ0n) is 19.5. The van der Waals surface area contributed by atoms with Crippen molar-refractivity contribution in [2.75, 3.05) is 10.0 Å². The molecule has 0 atom stereocenters. The monoisotopic (exact) mass is 567 g/mol. The van der Waals surface area contributed by atoms with Crippen LogP contribution in [0, 0.1) is 10.1 Å². The first-order valence-electron chi connectivity index (χ1n) is 11.0. The molecule has 0 fully saturated rings. The number of amides is 1. The highest BCUT2D eigenvalue weighted by atomic mass is 35.5. The molecule has 2 N–H and O–H groups in total. The minimum Gasteiger partial charge on any atom is -0.322 e. The van der Waals surface area contributed by atoms with E-state index >= 15 is 0 Å². The van der Waals surface area contributed by atoms with Crippen LogP contribution in [0.1, 0.15) is 11.1 Å². The van der Waals surface area contributed by atoms with E-state index in [-0.39, 0.29) is 31.9 Å². The van der Waals surface area contributed by atoms with E-state index in [1.807, 2.05) is 0 Å². The molecule has 0 aliphatic carbocycles. The number of nitrogens with zero attached hydrogens (tertiary/aromatic N) is 1. The highest BCUT2D eigenvalue weighted by Crippen LogP contribution is 2.26. The number of hydrogen-bond acceptors (Lipinski definition) is 5. The number of rotatable bonds is 8. The van der Waals surface area contributed by atoms with E-state index in [9.17, 15) is 23.3 Å². The molecule has 0 spiro atoms. The van der Waals surface area contributed by atoms with Crippen molar-refractivity contribution in [3.63, 3.8) is 0 Å². The molecule has 4 aromatic rings. The van der Waals surface area contributed by atoms with Gasteiger partial charge < -0.3 is 5.32 Å². The number of non-ortho nitro benzene ring substituents is 1. The Hall–Kier alpha value is -4.18. The van der Waals surface area contributed by atoms with Gasteiger partial charge in [-0.1, -0.05) is 65.7 Å². The molecule has 0 aromatic heterocycles. The van der Waals surface area contributed by atoms with Gasteiger partial charge in [-0.3, -0.25) is 19.6 Å². The summed E-state index contributed by atoms with van der Waals surface area (Å²) in [4.78, 5) is 23.9. The van der Waals surface area contributed by atoms with Gasteiger partial charge in [0.15, 0.2) is 0 Å². The molecule has 0 saturated carbocycles. The lowest BCUT2D eigenvalue weighted by Gasteiger charge is -2.12. The summed E-state index contributed by atoms with van der Waals surface area (Å²) in [6, 6.07) is 24.7. The minimum atomic E-state index is -3.95. The van der Waals surface area contributed by atoms with Crippen LogP contribution in [0.15, 0.2) is 102 Å². The summed E-state index contributed by atoms with van der Waals surface area (Å²) in [5.41, 5.74) is 1.79. The van der Waals surface area contributed by atoms with Gasteiger partial charge in [0.1, 0.15) is 0 Å². The summed E-state index contributed by atoms with van der Waals surface area (Å²) < 4.78 is 28.0. The van der Waals surface area contributed by atoms with E-state index < -0.39 is 20.9 Å². The van der Waals surface area contributed by atoms with Gasteiger partial charge in [0.05, 0.1) is 15.5 Å². The molecule has 4 aromatic carbocycles. The Kier molecular flexibility index (Phi) is 8.11. The van der Waals surface area contributed by atoms with Gasteiger partial charge in [0.2, 0.25) is 0 Å². The Labute approximate surface area is 228 Å². The molecule has 1 amide bonds. The highest BCUT2D eigenvalue weighted by Gasteiger charge is 2.17. The number of halogens is 2. The van der Waals surface area contributed by atoms with Gasteiger partial charge in [0.25, 0.3) is 21.6 Å². The van der Waals surface area contributed by atoms with Crippen LogP contribution in [-0.4, -0.2) is 19.2 Å². The first-order valence-corrected chi connectivity index (χ1v) is 13.3. The number of carbonyl (C=O) groups is 1. The first kappa shape index (κ1) is 26.9. The summed E-state index contributed by atoms with van der Waals surface area (Å²) in [5.74, 6) is -0.481. The van der Waals surface area contributed by atoms with Gasteiger partial charge in [0, 0.05) is 33.4 Å². The number of sulfonamides is 1. The van der Waals surface area contributed by atoms with Crippen LogP contribution in [0.25, 0.3) is 11.6 Å². The van der Waals surface area contributed by atoms with Crippen LogP contribution in [0.4, 0.5) is 17.1 Å². The average molecular weight is 568 g/mol. The second kappa shape index (κ2) is 11.5. The summed E-state index contributed by atoms with van der Waals surface area (Å²) in [7, 11) is -3.95. The number of hydrogen-bond donors (Lipinski definition) is 2. The van der Waals surface area contributed by atoms with Crippen molar-refractivity contribution in [2.45, 2.75) is 4.90 Å². The normalized spacial score (nSPS) is 11.6. The predicted octanol–water partition coefficient (Wildman–Crippen LogP) is 6.88. The lowest BCUT2D eigenvalue weighted by molar-refractivity contribution is -0.384. The van der Waals surface area contributed by atoms with E-state index in [1.165, 1.54) is 60.7 Å². The Bertz CT molecular complexity index is 1620. The fourth-order valence-electron chi connectivity index (χ4n) is 3.54. The number of benzene rings is 4. The maximum Gasteiger partial charge on any atom is 0.270 e. The fraction of sp³-hybridized carbons (Fsp3) is 0. The molecule has 38 heavy (non-hydrogen) atoms. The second-order valence-corrected chi connectivity index (χ2v) is 10.6. The minimum absolute atomic E-state index is 0.0398. The van der Waals surface area contributed by atoms with E-state index in [4.69, 9.17) is 23.2 Å². The Morgan fingerprint density at radius 1 is 0.816 bits per heavy atom. The maximum absolute atomic E-state index is 13.3. The van der Waals surface area contributed by atoms with Gasteiger partial charge in [-0.2, -0.15) is 0 Å². The third-order valence-corrected chi connectivity index (χ3v) is 7.09. The zero-order valence-corrected chi connectivity index (χ0v) is 21.8. The smallest absolute Gasteiger partial charge is 0.270 e. The summed E-state index contributed by atoms with van der Waals surface area (Å²) in [5, 5.41) is 14.5. The van der Waals surface area contributed by atoms with E-state index in [0.29, 0.717) is 16.8 Å². The van der Waals surface area contributed by atoms with E-state index in [0.717, 1.165) is 0 Å². The Balaban J connectivity index is 1.58. The van der Waals surface area contributed by atoms with Crippen LogP contribution in [0.2, 0.25) is 10.0 Å². The highest BCUT2D eigenvalue weighted by molar-refractivity contribution is 7.92. The molecule has 0 heterocycles. The molecule has 0 aliphatic rings. The number of carbonyl (C=O) groups excluding carboxylic acids is 1. The standard InChI is InChI=1S/C27H19Cl2N3O5S/c28-20-15-21(29)17-23(16-20)31-38(36,37)25-11-9-22(10-12-25)30-27(33)26(19-6-2-1-3-7-19)14-18-5-4-8-24(13-18)32(34)35/h1-17,31H,(H,30,33)/b26-14+. The number of anilines is 2. The molecule has 11 heteroatoms. The molecule has 192 valence electrons. The van der Waals surface area contributed by atoms with Crippen molar-refractivity contribution in [2.24, 2.45) is 0 Å². The summed E-state index contributed by atoms with van der Waals surface area (Å²) in [6.07, 6.45) is 1.55. The topological polar surface area (TPSA) is 118 Å². The molecule has 0 unspecified atom stereocenters. The van der Waals surface area contributed by atoms with Gasteiger partial charge in [-0.05, 0) is 59.7 Å². The van der Waals surface area contributed by atoms with Crippen LogP contribution in [0.3, 0.4) is 0 Å². The second-order valence-electron chi connectivity index (χ2n) is 8.02. The van der Waals surface area contributed by atoms with Gasteiger partial charge in [-0.25, -0.2) is 8.42 Å². The van der Waals surface area contributed by atoms with Gasteiger partial charge in [-0.15, -0.1) is 0 Å². The van der Waals surface area contributed by atoms with Crippen molar-refractivity contribution in [1.29, 1.82) is 0 Å². The van der Waals surface area contributed by atoms with Crippen LogP contribution < -0.4 is 10.0 Å². The quantitative estimate of drug-likeness (QED) is 0.104. The molecule has 8 nitrogen and oxygen atoms in total. The van der Waals surface area contributed by atoms with Crippen LogP contribution in [-0.2, 0) is 14.8 Å². The lowest BCUT2D eigenvalue weighted by Crippen LogP contribution is -2.15.